The molecule has 1 heteroatoms. The fourth-order valence-electron chi connectivity index (χ4n) is 0.371. The van der Waals surface area contributed by atoms with E-state index in [2.05, 4.69) is 22.0 Å². The van der Waals surface area contributed by atoms with Gasteiger partial charge in [0.05, 0.1) is 6.08 Å². The number of rotatable bonds is 0. The second-order valence-corrected chi connectivity index (χ2v) is 2.14. The molecule has 0 aromatic rings. The molecule has 0 nitrogen and oxygen atoms in total. The van der Waals surface area contributed by atoms with Gasteiger partial charge in [0.1, 0.15) is 16.6 Å². The maximum Gasteiger partial charge on any atom is 0.129 e. The predicted octanol–water partition coefficient (Wildman–Crippen LogP) is 2.19. The van der Waals surface area contributed by atoms with Crippen LogP contribution in [0.3, 0.4) is 0 Å². The normalized spacial score (nSPS) is 15.9. The molecule has 0 bridgehead atoms. The molecule has 0 aromatic heterocycles. The van der Waals surface area contributed by atoms with Crippen LogP contribution in [0, 0.1) is 6.08 Å². The van der Waals surface area contributed by atoms with Crippen LogP contribution in [0.2, 0.25) is 0 Å². The van der Waals surface area contributed by atoms with Crippen molar-refractivity contribution in [2.45, 2.75) is 0 Å². The topological polar surface area (TPSA) is 0 Å². The Kier molecular flexibility index (Phi) is 1.40. The summed E-state index contributed by atoms with van der Waals surface area (Å²) in [6.07, 6.45) is 10.6. The summed E-state index contributed by atoms with van der Waals surface area (Å²) in [5.74, 6) is 0. The molecule has 0 N–H and O–H groups in total. The molecule has 0 heterocycles. The lowest BCUT2D eigenvalue weighted by atomic mass is 10.3. The van der Waals surface area contributed by atoms with E-state index in [4.69, 9.17) is 0 Å². The third kappa shape index (κ3) is 1.26. The molecule has 0 aromatic carbocycles. The second kappa shape index (κ2) is 2.06. The predicted molar refractivity (Wildman–Crippen MR) is 34.0 cm³/mol. The van der Waals surface area contributed by atoms with Gasteiger partial charge in [0.2, 0.25) is 0 Å². The van der Waals surface area contributed by atoms with Crippen LogP contribution in [0.15, 0.2) is 28.8 Å². The Balaban J connectivity index is 2.82. The molecule has 0 amide bonds. The fraction of sp³-hybridized carbons (Fsp3) is 0. The van der Waals surface area contributed by atoms with Gasteiger partial charge in [0, 0.05) is 28.1 Å². The summed E-state index contributed by atoms with van der Waals surface area (Å²) in [6.45, 7) is 0. The Hall–Kier alpha value is -0.390. The van der Waals surface area contributed by atoms with E-state index in [0.717, 1.165) is 4.48 Å². The van der Waals surface area contributed by atoms with Gasteiger partial charge in [-0.3, -0.25) is 0 Å². The first-order valence-corrected chi connectivity index (χ1v) is 2.80. The van der Waals surface area contributed by atoms with E-state index in [1.165, 1.54) is 0 Å². The monoisotopic (exact) mass is 155 g/mol. The maximum absolute atomic E-state index is 3.28. The maximum atomic E-state index is 3.28. The molecule has 0 radical (unpaired) electrons. The highest BCUT2D eigenvalue weighted by Crippen LogP contribution is 2.08. The van der Waals surface area contributed by atoms with Crippen molar-refractivity contribution in [2.24, 2.45) is 0 Å². The van der Waals surface area contributed by atoms with Crippen molar-refractivity contribution in [1.29, 1.82) is 0 Å². The molecule has 34 valence electrons. The van der Waals surface area contributed by atoms with Gasteiger partial charge < -0.3 is 0 Å². The zero-order valence-electron chi connectivity index (χ0n) is 3.69. The average molecular weight is 156 g/mol. The van der Waals surface area contributed by atoms with E-state index in [1.54, 1.807) is 0 Å². The summed E-state index contributed by atoms with van der Waals surface area (Å²) in [7, 11) is 0. The first kappa shape index (κ1) is 4.76. The zero-order chi connectivity index (χ0) is 5.11. The minimum Gasteiger partial charge on any atom is 0.0375 e. The van der Waals surface area contributed by atoms with Crippen molar-refractivity contribution in [3.8, 4) is 0 Å². The van der Waals surface area contributed by atoms with Crippen LogP contribution in [-0.4, -0.2) is 0 Å². The van der Waals surface area contributed by atoms with E-state index >= 15 is 0 Å². The standard InChI is InChI=1S/C6H4Br/c7-6-4-2-1-3-5-6/h1-2,4-5H/q+1. The molecule has 0 saturated heterocycles. The van der Waals surface area contributed by atoms with Crippen LogP contribution in [0.5, 0.6) is 0 Å². The molecule has 0 aliphatic heterocycles. The van der Waals surface area contributed by atoms with Gasteiger partial charge in [-0.2, -0.15) is 0 Å². The van der Waals surface area contributed by atoms with Crippen molar-refractivity contribution < 1.29 is 0 Å². The number of halogens is 1. The molecule has 0 fully saturated rings. The molecule has 1 rings (SSSR count). The average Bonchev–Trinajstić information content (AvgIpc) is 1.69. The van der Waals surface area contributed by atoms with Crippen molar-refractivity contribution in [3.05, 3.63) is 34.9 Å². The lowest BCUT2D eigenvalue weighted by Gasteiger charge is -1.74. The first-order chi connectivity index (χ1) is 3.39. The number of hydrogen-bond acceptors (Lipinski definition) is 0. The minimum absolute atomic E-state index is 1.08. The van der Waals surface area contributed by atoms with Crippen LogP contribution in [0.25, 0.3) is 0 Å². The minimum atomic E-state index is 1.08. The van der Waals surface area contributed by atoms with E-state index in [-0.39, 0.29) is 0 Å². The first-order valence-electron chi connectivity index (χ1n) is 2.01. The van der Waals surface area contributed by atoms with Gasteiger partial charge in [-0.25, -0.2) is 0 Å². The Labute approximate surface area is 51.4 Å². The highest BCUT2D eigenvalue weighted by molar-refractivity contribution is 9.11. The van der Waals surface area contributed by atoms with Crippen molar-refractivity contribution in [1.82, 2.24) is 0 Å². The van der Waals surface area contributed by atoms with Crippen LogP contribution >= 0.6 is 15.9 Å². The second-order valence-electron chi connectivity index (χ2n) is 1.22. The van der Waals surface area contributed by atoms with Crippen LogP contribution in [0.1, 0.15) is 0 Å². The van der Waals surface area contributed by atoms with E-state index in [1.807, 2.05) is 24.3 Å². The van der Waals surface area contributed by atoms with Gasteiger partial charge in [-0.05, 0) is 0 Å². The van der Waals surface area contributed by atoms with Gasteiger partial charge >= 0.3 is 0 Å². The van der Waals surface area contributed by atoms with Crippen LogP contribution < -0.4 is 0 Å². The van der Waals surface area contributed by atoms with Crippen molar-refractivity contribution in [2.75, 3.05) is 0 Å². The van der Waals surface area contributed by atoms with Crippen LogP contribution in [-0.2, 0) is 0 Å². The SMILES string of the molecule is BrC1=CC=C[C+]=C1. The summed E-state index contributed by atoms with van der Waals surface area (Å²) < 4.78 is 1.08. The molecule has 0 atom stereocenters. The van der Waals surface area contributed by atoms with E-state index in [0.29, 0.717) is 0 Å². The van der Waals surface area contributed by atoms with E-state index < -0.39 is 0 Å². The number of hydrogen-bond donors (Lipinski definition) is 0. The van der Waals surface area contributed by atoms with Gasteiger partial charge in [-0.1, -0.05) is 0 Å². The Morgan fingerprint density at radius 2 is 2.43 bits per heavy atom. The summed E-state index contributed by atoms with van der Waals surface area (Å²) in [5, 5.41) is 0. The molecular formula is C6H4Br+. The van der Waals surface area contributed by atoms with Crippen molar-refractivity contribution in [3.63, 3.8) is 0 Å². The molecule has 0 unspecified atom stereocenters. The molecular weight excluding hydrogens is 152 g/mol. The Morgan fingerprint density at radius 1 is 1.57 bits per heavy atom. The molecule has 1 aliphatic carbocycles. The third-order valence-corrected chi connectivity index (χ3v) is 1.16. The largest absolute Gasteiger partial charge is 0.129 e. The van der Waals surface area contributed by atoms with Gasteiger partial charge in [0.25, 0.3) is 0 Å². The molecule has 7 heavy (non-hydrogen) atoms. The quantitative estimate of drug-likeness (QED) is 0.471. The summed E-state index contributed by atoms with van der Waals surface area (Å²) in [5.41, 5.74) is 0. The summed E-state index contributed by atoms with van der Waals surface area (Å²) in [6, 6.07) is 0. The molecule has 0 spiro atoms. The highest BCUT2D eigenvalue weighted by Gasteiger charge is 1.93. The lowest BCUT2D eigenvalue weighted by molar-refractivity contribution is 1.73. The molecule has 0 saturated carbocycles. The number of allylic oxidation sites excluding steroid dienone is 6. The fourth-order valence-corrected chi connectivity index (χ4v) is 0.656. The third-order valence-electron chi connectivity index (χ3n) is 0.669. The smallest absolute Gasteiger partial charge is 0.0375 e. The van der Waals surface area contributed by atoms with Gasteiger partial charge in [0.15, 0.2) is 0 Å². The summed E-state index contributed by atoms with van der Waals surface area (Å²) >= 11 is 3.28. The van der Waals surface area contributed by atoms with Gasteiger partial charge in [-0.15, -0.1) is 0 Å². The summed E-state index contributed by atoms with van der Waals surface area (Å²) in [4.78, 5) is 0. The Morgan fingerprint density at radius 3 is 2.71 bits per heavy atom. The van der Waals surface area contributed by atoms with Crippen LogP contribution in [0.4, 0.5) is 0 Å². The lowest BCUT2D eigenvalue weighted by Crippen LogP contribution is -1.65. The van der Waals surface area contributed by atoms with E-state index in [9.17, 15) is 0 Å². The highest BCUT2D eigenvalue weighted by atomic mass is 79.9. The van der Waals surface area contributed by atoms with Crippen molar-refractivity contribution >= 4 is 15.9 Å². The Bertz CT molecular complexity index is 140. The molecule has 1 aliphatic rings. The zero-order valence-corrected chi connectivity index (χ0v) is 5.27.